The zero-order valence-electron chi connectivity index (χ0n) is 10.6. The van der Waals surface area contributed by atoms with Crippen molar-refractivity contribution in [2.24, 2.45) is 11.8 Å². The zero-order valence-corrected chi connectivity index (χ0v) is 10.6. The molecule has 0 bridgehead atoms. The van der Waals surface area contributed by atoms with Gasteiger partial charge in [0.15, 0.2) is 0 Å². The lowest BCUT2D eigenvalue weighted by atomic mass is 9.97. The van der Waals surface area contributed by atoms with Crippen molar-refractivity contribution < 1.29 is 4.74 Å². The van der Waals surface area contributed by atoms with E-state index < -0.39 is 0 Å². The van der Waals surface area contributed by atoms with E-state index in [0.29, 0.717) is 6.04 Å². The first-order chi connectivity index (χ1) is 7.27. The number of rotatable bonds is 7. The molecule has 1 aliphatic rings. The highest BCUT2D eigenvalue weighted by molar-refractivity contribution is 4.83. The molecule has 0 aliphatic heterocycles. The summed E-state index contributed by atoms with van der Waals surface area (Å²) in [4.78, 5) is 0. The van der Waals surface area contributed by atoms with Crippen molar-refractivity contribution in [1.82, 2.24) is 5.32 Å². The van der Waals surface area contributed by atoms with Crippen molar-refractivity contribution in [3.63, 3.8) is 0 Å². The molecule has 2 heteroatoms. The van der Waals surface area contributed by atoms with Gasteiger partial charge in [-0.1, -0.05) is 20.3 Å². The molecule has 2 nitrogen and oxygen atoms in total. The van der Waals surface area contributed by atoms with Gasteiger partial charge in [-0.25, -0.2) is 0 Å². The van der Waals surface area contributed by atoms with Crippen LogP contribution >= 0.6 is 0 Å². The molecule has 0 heterocycles. The maximum absolute atomic E-state index is 5.58. The van der Waals surface area contributed by atoms with Crippen LogP contribution in [-0.4, -0.2) is 25.8 Å². The molecule has 3 atom stereocenters. The van der Waals surface area contributed by atoms with Gasteiger partial charge >= 0.3 is 0 Å². The summed E-state index contributed by atoms with van der Waals surface area (Å²) in [7, 11) is 0. The van der Waals surface area contributed by atoms with Gasteiger partial charge in [0.25, 0.3) is 0 Å². The molecule has 0 amide bonds. The molecule has 1 N–H and O–H groups in total. The molecule has 1 saturated carbocycles. The molecular formula is C13H27NO. The summed E-state index contributed by atoms with van der Waals surface area (Å²) in [6.45, 7) is 9.54. The minimum Gasteiger partial charge on any atom is -0.380 e. The van der Waals surface area contributed by atoms with E-state index in [1.165, 1.54) is 25.7 Å². The van der Waals surface area contributed by atoms with Gasteiger partial charge in [0.1, 0.15) is 0 Å². The lowest BCUT2D eigenvalue weighted by Gasteiger charge is -2.24. The summed E-state index contributed by atoms with van der Waals surface area (Å²) >= 11 is 0. The van der Waals surface area contributed by atoms with Crippen LogP contribution in [0.1, 0.15) is 46.5 Å². The van der Waals surface area contributed by atoms with Gasteiger partial charge in [0.2, 0.25) is 0 Å². The Morgan fingerprint density at radius 1 is 1.33 bits per heavy atom. The highest BCUT2D eigenvalue weighted by Crippen LogP contribution is 2.32. The predicted molar refractivity (Wildman–Crippen MR) is 65.1 cm³/mol. The van der Waals surface area contributed by atoms with Crippen LogP contribution in [0.25, 0.3) is 0 Å². The van der Waals surface area contributed by atoms with E-state index in [1.54, 1.807) is 0 Å². The number of hydrogen-bond donors (Lipinski definition) is 1. The minimum absolute atomic E-state index is 0.592. The molecular weight excluding hydrogens is 186 g/mol. The normalized spacial score (nSPS) is 28.2. The maximum Gasteiger partial charge on any atom is 0.0622 e. The molecule has 1 aliphatic carbocycles. The fourth-order valence-corrected chi connectivity index (χ4v) is 2.55. The molecule has 90 valence electrons. The Hall–Kier alpha value is -0.0800. The molecule has 1 rings (SSSR count). The maximum atomic E-state index is 5.58. The van der Waals surface area contributed by atoms with Gasteiger partial charge < -0.3 is 10.1 Å². The topological polar surface area (TPSA) is 21.3 Å². The lowest BCUT2D eigenvalue weighted by molar-refractivity contribution is 0.103. The first-order valence-corrected chi connectivity index (χ1v) is 6.59. The van der Waals surface area contributed by atoms with Crippen LogP contribution in [0.2, 0.25) is 0 Å². The second-order valence-electron chi connectivity index (χ2n) is 4.90. The fraction of sp³-hybridized carbons (Fsp3) is 1.00. The van der Waals surface area contributed by atoms with Crippen LogP contribution in [0.5, 0.6) is 0 Å². The van der Waals surface area contributed by atoms with Gasteiger partial charge in [-0.05, 0) is 44.6 Å². The third kappa shape index (κ3) is 4.52. The van der Waals surface area contributed by atoms with E-state index in [0.717, 1.165) is 31.6 Å². The molecule has 15 heavy (non-hydrogen) atoms. The summed E-state index contributed by atoms with van der Waals surface area (Å²) in [5.74, 6) is 1.76. The Balaban J connectivity index is 2.32. The molecule has 3 unspecified atom stereocenters. The first-order valence-electron chi connectivity index (χ1n) is 6.59. The van der Waals surface area contributed by atoms with Crippen LogP contribution in [0.3, 0.4) is 0 Å². The molecule has 0 aromatic heterocycles. The number of nitrogens with one attached hydrogen (secondary N) is 1. The fourth-order valence-electron chi connectivity index (χ4n) is 2.55. The smallest absolute Gasteiger partial charge is 0.0622 e. The van der Waals surface area contributed by atoms with E-state index in [-0.39, 0.29) is 0 Å². The lowest BCUT2D eigenvalue weighted by Crippen LogP contribution is -2.39. The van der Waals surface area contributed by atoms with E-state index in [4.69, 9.17) is 4.74 Å². The van der Waals surface area contributed by atoms with Crippen molar-refractivity contribution >= 4 is 0 Å². The Labute approximate surface area is 94.8 Å². The summed E-state index contributed by atoms with van der Waals surface area (Å²) in [5.41, 5.74) is 0. The second-order valence-corrected chi connectivity index (χ2v) is 4.90. The van der Waals surface area contributed by atoms with E-state index >= 15 is 0 Å². The summed E-state index contributed by atoms with van der Waals surface area (Å²) in [5, 5.41) is 3.64. The standard InChI is InChI=1S/C13H27NO/c1-4-8-14-13(10-15-5-2)12-7-6-11(3)9-12/h11-14H,4-10H2,1-3H3. The average Bonchev–Trinajstić information content (AvgIpc) is 2.65. The van der Waals surface area contributed by atoms with Crippen molar-refractivity contribution in [2.75, 3.05) is 19.8 Å². The van der Waals surface area contributed by atoms with Crippen LogP contribution in [0.15, 0.2) is 0 Å². The molecule has 0 aromatic rings. The molecule has 1 fully saturated rings. The molecule has 0 saturated heterocycles. The second kappa shape index (κ2) is 7.24. The van der Waals surface area contributed by atoms with Gasteiger partial charge in [-0.2, -0.15) is 0 Å². The van der Waals surface area contributed by atoms with Crippen LogP contribution in [-0.2, 0) is 4.74 Å². The Morgan fingerprint density at radius 2 is 2.13 bits per heavy atom. The quantitative estimate of drug-likeness (QED) is 0.702. The summed E-state index contributed by atoms with van der Waals surface area (Å²) in [6.07, 6.45) is 5.38. The van der Waals surface area contributed by atoms with E-state index in [2.05, 4.69) is 26.1 Å². The van der Waals surface area contributed by atoms with Crippen LogP contribution < -0.4 is 5.32 Å². The van der Waals surface area contributed by atoms with E-state index in [9.17, 15) is 0 Å². The third-order valence-corrected chi connectivity index (χ3v) is 3.46. The summed E-state index contributed by atoms with van der Waals surface area (Å²) < 4.78 is 5.58. The zero-order chi connectivity index (χ0) is 11.1. The Kier molecular flexibility index (Phi) is 6.26. The average molecular weight is 213 g/mol. The SMILES string of the molecule is CCCNC(COCC)C1CCC(C)C1. The highest BCUT2D eigenvalue weighted by atomic mass is 16.5. The largest absolute Gasteiger partial charge is 0.380 e. The van der Waals surface area contributed by atoms with Gasteiger partial charge in [-0.15, -0.1) is 0 Å². The summed E-state index contributed by atoms with van der Waals surface area (Å²) in [6, 6.07) is 0.592. The van der Waals surface area contributed by atoms with Crippen molar-refractivity contribution in [1.29, 1.82) is 0 Å². The third-order valence-electron chi connectivity index (χ3n) is 3.46. The van der Waals surface area contributed by atoms with Crippen LogP contribution in [0.4, 0.5) is 0 Å². The Morgan fingerprint density at radius 3 is 2.67 bits per heavy atom. The van der Waals surface area contributed by atoms with Crippen molar-refractivity contribution in [2.45, 2.75) is 52.5 Å². The van der Waals surface area contributed by atoms with Crippen molar-refractivity contribution in [3.05, 3.63) is 0 Å². The van der Waals surface area contributed by atoms with E-state index in [1.807, 2.05) is 0 Å². The van der Waals surface area contributed by atoms with Crippen LogP contribution in [0, 0.1) is 11.8 Å². The van der Waals surface area contributed by atoms with Gasteiger partial charge in [0.05, 0.1) is 6.61 Å². The van der Waals surface area contributed by atoms with Crippen molar-refractivity contribution in [3.8, 4) is 0 Å². The minimum atomic E-state index is 0.592. The number of hydrogen-bond acceptors (Lipinski definition) is 2. The van der Waals surface area contributed by atoms with Gasteiger partial charge in [0, 0.05) is 12.6 Å². The molecule has 0 radical (unpaired) electrons. The molecule has 0 aromatic carbocycles. The Bertz CT molecular complexity index is 153. The van der Waals surface area contributed by atoms with Gasteiger partial charge in [-0.3, -0.25) is 0 Å². The molecule has 0 spiro atoms. The number of ether oxygens (including phenoxy) is 1. The monoisotopic (exact) mass is 213 g/mol. The predicted octanol–water partition coefficient (Wildman–Crippen LogP) is 2.83. The first kappa shape index (κ1) is 13.0. The highest BCUT2D eigenvalue weighted by Gasteiger charge is 2.28.